The van der Waals surface area contributed by atoms with Gasteiger partial charge in [0.25, 0.3) is 0 Å². The predicted octanol–water partition coefficient (Wildman–Crippen LogP) is 2.72. The summed E-state index contributed by atoms with van der Waals surface area (Å²) in [5.41, 5.74) is -0.375. The number of rotatable bonds is 4. The first-order valence-corrected chi connectivity index (χ1v) is 10.4. The van der Waals surface area contributed by atoms with E-state index in [2.05, 4.69) is 25.8 Å². The highest BCUT2D eigenvalue weighted by Gasteiger charge is 2.47. The van der Waals surface area contributed by atoms with Crippen molar-refractivity contribution in [2.75, 3.05) is 39.8 Å². The third-order valence-electron chi connectivity index (χ3n) is 6.31. The normalized spacial score (nSPS) is 27.1. The third-order valence-corrected chi connectivity index (χ3v) is 6.31. The SMILES string of the molecule is CC(C)CCN1CC2(CCN(C(=O)[C@@H]3CCCCCN3C)CC2)OC1=O. The fourth-order valence-electron chi connectivity index (χ4n) is 4.45. The van der Waals surface area contributed by atoms with E-state index in [0.29, 0.717) is 25.6 Å². The van der Waals surface area contributed by atoms with Gasteiger partial charge in [-0.05, 0) is 38.8 Å². The Morgan fingerprint density at radius 3 is 2.62 bits per heavy atom. The molecule has 0 bridgehead atoms. The average molecular weight is 366 g/mol. The van der Waals surface area contributed by atoms with E-state index >= 15 is 0 Å². The van der Waals surface area contributed by atoms with Gasteiger partial charge in [-0.15, -0.1) is 0 Å². The van der Waals surface area contributed by atoms with Gasteiger partial charge in [0.15, 0.2) is 0 Å². The van der Waals surface area contributed by atoms with Crippen LogP contribution in [0.3, 0.4) is 0 Å². The Morgan fingerprint density at radius 2 is 1.92 bits per heavy atom. The largest absolute Gasteiger partial charge is 0.441 e. The number of carbonyl (C=O) groups excluding carboxylic acids is 2. The maximum absolute atomic E-state index is 13.0. The van der Waals surface area contributed by atoms with E-state index < -0.39 is 0 Å². The van der Waals surface area contributed by atoms with Gasteiger partial charge >= 0.3 is 6.09 Å². The van der Waals surface area contributed by atoms with Crippen molar-refractivity contribution in [2.45, 2.75) is 70.4 Å². The Kier molecular flexibility index (Phi) is 6.10. The zero-order valence-corrected chi connectivity index (χ0v) is 16.7. The summed E-state index contributed by atoms with van der Waals surface area (Å²) in [6.07, 6.45) is 6.87. The van der Waals surface area contributed by atoms with Crippen LogP contribution in [0.1, 0.15) is 58.8 Å². The lowest BCUT2D eigenvalue weighted by atomic mass is 9.90. The Morgan fingerprint density at radius 1 is 1.19 bits per heavy atom. The Hall–Kier alpha value is -1.30. The van der Waals surface area contributed by atoms with Crippen LogP contribution in [-0.4, -0.2) is 78.1 Å². The minimum absolute atomic E-state index is 0.0280. The number of hydrogen-bond donors (Lipinski definition) is 0. The van der Waals surface area contributed by atoms with E-state index in [1.807, 2.05) is 9.80 Å². The number of hydrogen-bond acceptors (Lipinski definition) is 4. The molecule has 0 aromatic heterocycles. The number of likely N-dealkylation sites (N-methyl/N-ethyl adjacent to an activating group) is 1. The minimum atomic E-state index is -0.375. The van der Waals surface area contributed by atoms with Gasteiger partial charge in [-0.25, -0.2) is 4.79 Å². The zero-order valence-electron chi connectivity index (χ0n) is 16.7. The van der Waals surface area contributed by atoms with Crippen molar-refractivity contribution in [3.63, 3.8) is 0 Å². The van der Waals surface area contributed by atoms with Crippen LogP contribution < -0.4 is 0 Å². The molecule has 3 aliphatic heterocycles. The van der Waals surface area contributed by atoms with E-state index in [1.165, 1.54) is 12.8 Å². The van der Waals surface area contributed by atoms with Gasteiger partial charge in [0.1, 0.15) is 5.60 Å². The molecular formula is C20H35N3O3. The monoisotopic (exact) mass is 365 g/mol. The molecule has 0 saturated carbocycles. The Labute approximate surface area is 157 Å². The summed E-state index contributed by atoms with van der Waals surface area (Å²) >= 11 is 0. The fraction of sp³-hybridized carbons (Fsp3) is 0.900. The summed E-state index contributed by atoms with van der Waals surface area (Å²) in [5.74, 6) is 0.848. The smallest absolute Gasteiger partial charge is 0.410 e. The molecule has 6 heteroatoms. The van der Waals surface area contributed by atoms with Gasteiger partial charge in [0.05, 0.1) is 12.6 Å². The van der Waals surface area contributed by atoms with E-state index in [0.717, 1.165) is 45.2 Å². The first-order valence-electron chi connectivity index (χ1n) is 10.4. The topological polar surface area (TPSA) is 53.1 Å². The fourth-order valence-corrected chi connectivity index (χ4v) is 4.45. The molecule has 3 rings (SSSR count). The molecule has 3 aliphatic rings. The Balaban J connectivity index is 1.54. The summed E-state index contributed by atoms with van der Waals surface area (Å²) in [6.45, 7) is 8.22. The number of likely N-dealkylation sites (tertiary alicyclic amines) is 2. The van der Waals surface area contributed by atoms with Gasteiger partial charge in [-0.2, -0.15) is 0 Å². The lowest BCUT2D eigenvalue weighted by Gasteiger charge is -2.39. The number of piperidine rings is 1. The maximum Gasteiger partial charge on any atom is 0.410 e. The molecule has 6 nitrogen and oxygen atoms in total. The minimum Gasteiger partial charge on any atom is -0.441 e. The van der Waals surface area contributed by atoms with Crippen molar-refractivity contribution >= 4 is 12.0 Å². The van der Waals surface area contributed by atoms with Crippen LogP contribution in [-0.2, 0) is 9.53 Å². The summed E-state index contributed by atoms with van der Waals surface area (Å²) in [4.78, 5) is 31.3. The van der Waals surface area contributed by atoms with Crippen LogP contribution in [0.15, 0.2) is 0 Å². The third kappa shape index (κ3) is 4.33. The highest BCUT2D eigenvalue weighted by Crippen LogP contribution is 2.34. The molecule has 0 aromatic carbocycles. The molecule has 2 amide bonds. The van der Waals surface area contributed by atoms with E-state index in [1.54, 1.807) is 0 Å². The van der Waals surface area contributed by atoms with Crippen LogP contribution in [0.4, 0.5) is 4.79 Å². The average Bonchev–Trinajstić information content (AvgIpc) is 2.76. The van der Waals surface area contributed by atoms with E-state index in [-0.39, 0.29) is 23.6 Å². The van der Waals surface area contributed by atoms with Crippen LogP contribution in [0.5, 0.6) is 0 Å². The molecule has 0 aliphatic carbocycles. The van der Waals surface area contributed by atoms with Crippen molar-refractivity contribution < 1.29 is 14.3 Å². The second kappa shape index (κ2) is 8.15. The summed E-state index contributed by atoms with van der Waals surface area (Å²) in [7, 11) is 2.07. The van der Waals surface area contributed by atoms with Crippen molar-refractivity contribution in [1.82, 2.24) is 14.7 Å². The summed E-state index contributed by atoms with van der Waals surface area (Å²) in [5, 5.41) is 0. The van der Waals surface area contributed by atoms with Gasteiger partial charge < -0.3 is 14.5 Å². The van der Waals surface area contributed by atoms with Crippen molar-refractivity contribution in [3.8, 4) is 0 Å². The predicted molar refractivity (Wildman–Crippen MR) is 101 cm³/mol. The molecule has 0 radical (unpaired) electrons. The lowest BCUT2D eigenvalue weighted by molar-refractivity contribution is -0.140. The van der Waals surface area contributed by atoms with Gasteiger partial charge in [0, 0.05) is 32.5 Å². The number of carbonyl (C=O) groups is 2. The quantitative estimate of drug-likeness (QED) is 0.769. The van der Waals surface area contributed by atoms with Crippen molar-refractivity contribution in [3.05, 3.63) is 0 Å². The molecule has 1 spiro atoms. The van der Waals surface area contributed by atoms with Gasteiger partial charge in [-0.1, -0.05) is 26.7 Å². The molecule has 0 aromatic rings. The first kappa shape index (κ1) is 19.5. The highest BCUT2D eigenvalue weighted by atomic mass is 16.6. The second-order valence-corrected chi connectivity index (χ2v) is 8.83. The van der Waals surface area contributed by atoms with Crippen LogP contribution >= 0.6 is 0 Å². The molecule has 0 N–H and O–H groups in total. The summed E-state index contributed by atoms with van der Waals surface area (Å²) in [6, 6.07) is 0.0280. The van der Waals surface area contributed by atoms with Crippen molar-refractivity contribution in [2.24, 2.45) is 5.92 Å². The zero-order chi connectivity index (χ0) is 18.7. The molecule has 3 heterocycles. The van der Waals surface area contributed by atoms with Crippen molar-refractivity contribution in [1.29, 1.82) is 0 Å². The number of amides is 2. The number of ether oxygens (including phenoxy) is 1. The van der Waals surface area contributed by atoms with E-state index in [4.69, 9.17) is 4.74 Å². The Bertz CT molecular complexity index is 514. The molecule has 26 heavy (non-hydrogen) atoms. The molecule has 3 fully saturated rings. The standard InChI is InChI=1S/C20H35N3O3/c1-16(2)8-12-23-15-20(26-19(23)25)9-13-22(14-10-20)18(24)17-7-5-4-6-11-21(17)3/h16-17H,4-15H2,1-3H3/t17-/m0/s1. The lowest BCUT2D eigenvalue weighted by Crippen LogP contribution is -2.53. The molecule has 148 valence electrons. The second-order valence-electron chi connectivity index (χ2n) is 8.83. The van der Waals surface area contributed by atoms with Gasteiger partial charge in [0.2, 0.25) is 5.91 Å². The van der Waals surface area contributed by atoms with Crippen LogP contribution in [0, 0.1) is 5.92 Å². The van der Waals surface area contributed by atoms with E-state index in [9.17, 15) is 9.59 Å². The maximum atomic E-state index is 13.0. The molecule has 0 unspecified atom stereocenters. The van der Waals surface area contributed by atoms with Gasteiger partial charge in [-0.3, -0.25) is 9.69 Å². The van der Waals surface area contributed by atoms with Crippen LogP contribution in [0.2, 0.25) is 0 Å². The molecule has 1 atom stereocenters. The highest BCUT2D eigenvalue weighted by molar-refractivity contribution is 5.82. The van der Waals surface area contributed by atoms with Crippen LogP contribution in [0.25, 0.3) is 0 Å². The number of nitrogens with zero attached hydrogens (tertiary/aromatic N) is 3. The molecular weight excluding hydrogens is 330 g/mol. The summed E-state index contributed by atoms with van der Waals surface area (Å²) < 4.78 is 5.79. The first-order chi connectivity index (χ1) is 12.4. The molecule has 3 saturated heterocycles.